The Labute approximate surface area is 165 Å². The summed E-state index contributed by atoms with van der Waals surface area (Å²) in [4.78, 5) is 33.2. The summed E-state index contributed by atoms with van der Waals surface area (Å²) in [6, 6.07) is 6.62. The number of hydrogen-bond acceptors (Lipinski definition) is 6. The van der Waals surface area contributed by atoms with Crippen LogP contribution in [0.25, 0.3) is 6.08 Å². The van der Waals surface area contributed by atoms with Crippen molar-refractivity contribution in [2.24, 2.45) is 0 Å². The molecule has 0 aliphatic heterocycles. The maximum atomic E-state index is 12.4. The second kappa shape index (κ2) is 8.78. The number of rotatable bonds is 7. The molecule has 28 heavy (non-hydrogen) atoms. The predicted octanol–water partition coefficient (Wildman–Crippen LogP) is 4.02. The zero-order chi connectivity index (χ0) is 20.9. The van der Waals surface area contributed by atoms with Gasteiger partial charge in [-0.1, -0.05) is 0 Å². The minimum Gasteiger partial charge on any atom is -0.476 e. The highest BCUT2D eigenvalue weighted by atomic mass is 16.6. The van der Waals surface area contributed by atoms with Crippen LogP contribution in [0.2, 0.25) is 0 Å². The molecule has 0 atom stereocenters. The Balaban J connectivity index is 2.10. The zero-order valence-electron chi connectivity index (χ0n) is 17.2. The number of carbonyl (C=O) groups excluding carboxylic acids is 2. The summed E-state index contributed by atoms with van der Waals surface area (Å²) in [7, 11) is 0. The van der Waals surface area contributed by atoms with Crippen LogP contribution < -0.4 is 4.74 Å². The summed E-state index contributed by atoms with van der Waals surface area (Å²) in [5.74, 6) is -0.118. The van der Waals surface area contributed by atoms with E-state index in [4.69, 9.17) is 9.47 Å². The number of carbonyl (C=O) groups is 2. The first-order valence-electron chi connectivity index (χ1n) is 9.14. The topological polar surface area (TPSA) is 78.4 Å². The monoisotopic (exact) mass is 382 g/mol. The van der Waals surface area contributed by atoms with E-state index in [1.165, 1.54) is 6.08 Å². The number of esters is 1. The summed E-state index contributed by atoms with van der Waals surface area (Å²) in [5, 5.41) is 0. The van der Waals surface area contributed by atoms with Crippen LogP contribution in [0.1, 0.15) is 53.9 Å². The number of hydrogen-bond donors (Lipinski definition) is 0. The molecule has 0 aliphatic carbocycles. The Morgan fingerprint density at radius 1 is 1.00 bits per heavy atom. The maximum Gasteiger partial charge on any atom is 0.349 e. The van der Waals surface area contributed by atoms with Gasteiger partial charge in [-0.25, -0.2) is 9.78 Å². The minimum atomic E-state index is -1.11. The molecule has 6 heteroatoms. The average Bonchev–Trinajstić information content (AvgIpc) is 2.64. The second-order valence-corrected chi connectivity index (χ2v) is 6.92. The van der Waals surface area contributed by atoms with Crippen molar-refractivity contribution in [1.29, 1.82) is 0 Å². The van der Waals surface area contributed by atoms with Crippen molar-refractivity contribution in [2.75, 3.05) is 6.61 Å². The summed E-state index contributed by atoms with van der Waals surface area (Å²) in [5.41, 5.74) is 2.56. The van der Waals surface area contributed by atoms with E-state index in [0.717, 1.165) is 17.1 Å². The van der Waals surface area contributed by atoms with E-state index in [1.807, 2.05) is 20.8 Å². The highest BCUT2D eigenvalue weighted by molar-refractivity contribution is 6.06. The molecular weight excluding hydrogens is 356 g/mol. The lowest BCUT2D eigenvalue weighted by atomic mass is 10.1. The molecule has 0 unspecified atom stereocenters. The fourth-order valence-corrected chi connectivity index (χ4v) is 2.47. The Morgan fingerprint density at radius 3 is 2.21 bits per heavy atom. The number of ketones is 1. The van der Waals surface area contributed by atoms with Crippen LogP contribution in [0.15, 0.2) is 30.3 Å². The normalized spacial score (nSPS) is 11.5. The maximum absolute atomic E-state index is 12.4. The standard InChI is InChI=1S/C22H26N2O4/c1-7-27-21(26)22(5,6)28-18-10-8-17(9-11-18)20(25)13-12-19-16(4)23-14(2)15(3)24-19/h8-13H,7H2,1-6H3/b13-12+. The molecule has 0 spiro atoms. The molecule has 2 aromatic rings. The lowest BCUT2D eigenvalue weighted by molar-refractivity contribution is -0.158. The SMILES string of the molecule is CCOC(=O)C(C)(C)Oc1ccc(C(=O)/C=C/c2nc(C)c(C)nc2C)cc1. The summed E-state index contributed by atoms with van der Waals surface area (Å²) in [6.07, 6.45) is 3.15. The number of aromatic nitrogens is 2. The number of aryl methyl sites for hydroxylation is 3. The van der Waals surface area contributed by atoms with Gasteiger partial charge in [0, 0.05) is 5.56 Å². The second-order valence-electron chi connectivity index (χ2n) is 6.92. The number of benzene rings is 1. The average molecular weight is 382 g/mol. The third kappa shape index (κ3) is 5.25. The van der Waals surface area contributed by atoms with Gasteiger partial charge in [0.2, 0.25) is 0 Å². The van der Waals surface area contributed by atoms with E-state index in [1.54, 1.807) is 51.1 Å². The van der Waals surface area contributed by atoms with Crippen molar-refractivity contribution < 1.29 is 19.1 Å². The number of ether oxygens (including phenoxy) is 2. The molecule has 1 aromatic heterocycles. The zero-order valence-corrected chi connectivity index (χ0v) is 17.2. The molecule has 1 heterocycles. The van der Waals surface area contributed by atoms with Crippen LogP contribution in [-0.2, 0) is 9.53 Å². The van der Waals surface area contributed by atoms with Gasteiger partial charge < -0.3 is 9.47 Å². The fourth-order valence-electron chi connectivity index (χ4n) is 2.47. The minimum absolute atomic E-state index is 0.157. The highest BCUT2D eigenvalue weighted by Gasteiger charge is 2.31. The van der Waals surface area contributed by atoms with Gasteiger partial charge in [0.15, 0.2) is 11.4 Å². The van der Waals surface area contributed by atoms with Crippen molar-refractivity contribution >= 4 is 17.8 Å². The van der Waals surface area contributed by atoms with E-state index in [-0.39, 0.29) is 12.4 Å². The largest absolute Gasteiger partial charge is 0.476 e. The smallest absolute Gasteiger partial charge is 0.349 e. The Kier molecular flexibility index (Phi) is 6.67. The van der Waals surface area contributed by atoms with E-state index in [9.17, 15) is 9.59 Å². The van der Waals surface area contributed by atoms with Gasteiger partial charge in [-0.15, -0.1) is 0 Å². The lowest BCUT2D eigenvalue weighted by Crippen LogP contribution is -2.39. The first kappa shape index (κ1) is 21.3. The molecule has 0 radical (unpaired) electrons. The van der Waals surface area contributed by atoms with Gasteiger partial charge in [0.05, 0.1) is 29.4 Å². The van der Waals surface area contributed by atoms with Gasteiger partial charge in [0.1, 0.15) is 5.75 Å². The Morgan fingerprint density at radius 2 is 1.61 bits per heavy atom. The van der Waals surface area contributed by atoms with Crippen LogP contribution in [0.4, 0.5) is 0 Å². The molecule has 0 aliphatic rings. The van der Waals surface area contributed by atoms with Crippen LogP contribution in [0.3, 0.4) is 0 Å². The van der Waals surface area contributed by atoms with Gasteiger partial charge in [-0.05, 0) is 78.0 Å². The van der Waals surface area contributed by atoms with Crippen molar-refractivity contribution in [3.8, 4) is 5.75 Å². The van der Waals surface area contributed by atoms with E-state index in [0.29, 0.717) is 17.0 Å². The molecule has 6 nitrogen and oxygen atoms in total. The summed E-state index contributed by atoms with van der Waals surface area (Å²) in [6.45, 7) is 11.0. The van der Waals surface area contributed by atoms with Crippen LogP contribution in [0.5, 0.6) is 5.75 Å². The number of allylic oxidation sites excluding steroid dienone is 1. The van der Waals surface area contributed by atoms with Gasteiger partial charge in [0.25, 0.3) is 0 Å². The van der Waals surface area contributed by atoms with Crippen LogP contribution in [0, 0.1) is 20.8 Å². The van der Waals surface area contributed by atoms with E-state index >= 15 is 0 Å². The van der Waals surface area contributed by atoms with E-state index in [2.05, 4.69) is 9.97 Å². The molecule has 0 amide bonds. The molecule has 1 aromatic carbocycles. The number of nitrogens with zero attached hydrogens (tertiary/aromatic N) is 2. The third-order valence-corrected chi connectivity index (χ3v) is 4.19. The summed E-state index contributed by atoms with van der Waals surface area (Å²) < 4.78 is 10.7. The molecule has 0 bridgehead atoms. The first-order valence-corrected chi connectivity index (χ1v) is 9.14. The van der Waals surface area contributed by atoms with Gasteiger partial charge >= 0.3 is 5.97 Å². The summed E-state index contributed by atoms with van der Waals surface area (Å²) >= 11 is 0. The van der Waals surface area contributed by atoms with Crippen molar-refractivity contribution in [1.82, 2.24) is 9.97 Å². The molecule has 148 valence electrons. The molecule has 0 saturated carbocycles. The van der Waals surface area contributed by atoms with Crippen LogP contribution in [-0.4, -0.2) is 33.9 Å². The Bertz CT molecular complexity index is 899. The lowest BCUT2D eigenvalue weighted by Gasteiger charge is -2.24. The highest BCUT2D eigenvalue weighted by Crippen LogP contribution is 2.21. The van der Waals surface area contributed by atoms with Gasteiger partial charge in [-0.3, -0.25) is 9.78 Å². The van der Waals surface area contributed by atoms with E-state index < -0.39 is 11.6 Å². The molecule has 0 fully saturated rings. The molecule has 0 saturated heterocycles. The molecular formula is C22H26N2O4. The molecule has 2 rings (SSSR count). The van der Waals surface area contributed by atoms with Gasteiger partial charge in [-0.2, -0.15) is 0 Å². The predicted molar refractivity (Wildman–Crippen MR) is 107 cm³/mol. The van der Waals surface area contributed by atoms with Crippen molar-refractivity contribution in [3.63, 3.8) is 0 Å². The first-order chi connectivity index (χ1) is 13.1. The Hall–Kier alpha value is -3.02. The van der Waals surface area contributed by atoms with Crippen molar-refractivity contribution in [2.45, 2.75) is 47.1 Å². The van der Waals surface area contributed by atoms with Crippen LogP contribution >= 0.6 is 0 Å². The van der Waals surface area contributed by atoms with Crippen molar-refractivity contribution in [3.05, 3.63) is 58.7 Å². The quantitative estimate of drug-likeness (QED) is 0.409. The third-order valence-electron chi connectivity index (χ3n) is 4.19. The fraction of sp³-hybridized carbons (Fsp3) is 0.364. The molecule has 0 N–H and O–H groups in total.